The molecule has 1 atom stereocenters. The summed E-state index contributed by atoms with van der Waals surface area (Å²) in [4.78, 5) is 13.2. The van der Waals surface area contributed by atoms with Gasteiger partial charge < -0.3 is 14.6 Å². The van der Waals surface area contributed by atoms with E-state index in [0.29, 0.717) is 12.3 Å². The molecule has 0 saturated carbocycles. The molecule has 1 aromatic heterocycles. The molecule has 1 fully saturated rings. The van der Waals surface area contributed by atoms with Crippen LogP contribution in [0.2, 0.25) is 0 Å². The summed E-state index contributed by atoms with van der Waals surface area (Å²) in [7, 11) is 0. The summed E-state index contributed by atoms with van der Waals surface area (Å²) in [5.74, 6) is 0.533. The number of ether oxygens (including phenoxy) is 1. The second-order valence-electron chi connectivity index (χ2n) is 5.93. The number of aryl methyl sites for hydroxylation is 1. The molecule has 124 valence electrons. The van der Waals surface area contributed by atoms with E-state index in [2.05, 4.69) is 47.3 Å². The van der Waals surface area contributed by atoms with Gasteiger partial charge in [0, 0.05) is 41.7 Å². The maximum absolute atomic E-state index is 12.0. The van der Waals surface area contributed by atoms with Gasteiger partial charge in [-0.15, -0.1) is 11.8 Å². The second kappa shape index (κ2) is 7.88. The van der Waals surface area contributed by atoms with Crippen LogP contribution in [-0.4, -0.2) is 35.5 Å². The molecule has 2 aromatic rings. The number of nitrogens with zero attached hydrogens (tertiary/aromatic N) is 1. The average molecular weight is 332 g/mol. The van der Waals surface area contributed by atoms with E-state index in [-0.39, 0.29) is 12.0 Å². The Balaban J connectivity index is 1.59. The van der Waals surface area contributed by atoms with Gasteiger partial charge >= 0.3 is 0 Å². The molecule has 2 heterocycles. The van der Waals surface area contributed by atoms with Crippen molar-refractivity contribution in [2.75, 3.05) is 18.9 Å². The first-order valence-electron chi connectivity index (χ1n) is 8.37. The first-order valence-corrected chi connectivity index (χ1v) is 9.35. The minimum Gasteiger partial charge on any atom is -0.376 e. The lowest BCUT2D eigenvalue weighted by atomic mass is 10.2. The van der Waals surface area contributed by atoms with Gasteiger partial charge in [0.25, 0.3) is 0 Å². The first kappa shape index (κ1) is 16.4. The van der Waals surface area contributed by atoms with Crippen LogP contribution in [0.25, 0.3) is 10.9 Å². The molecule has 1 N–H and O–H groups in total. The maximum atomic E-state index is 12.0. The van der Waals surface area contributed by atoms with Crippen molar-refractivity contribution >= 4 is 28.6 Å². The number of nitrogens with one attached hydrogen (secondary N) is 1. The third-order valence-electron chi connectivity index (χ3n) is 4.13. The minimum atomic E-state index is 0.0813. The number of benzene rings is 1. The van der Waals surface area contributed by atoms with Crippen LogP contribution in [0.3, 0.4) is 0 Å². The highest BCUT2D eigenvalue weighted by Crippen LogP contribution is 2.30. The van der Waals surface area contributed by atoms with E-state index in [0.717, 1.165) is 32.4 Å². The van der Waals surface area contributed by atoms with Gasteiger partial charge in [0.1, 0.15) is 0 Å². The van der Waals surface area contributed by atoms with E-state index >= 15 is 0 Å². The molecule has 1 aromatic carbocycles. The summed E-state index contributed by atoms with van der Waals surface area (Å²) in [6.45, 7) is 4.65. The molecule has 5 heteroatoms. The Hall–Kier alpha value is -1.46. The molecule has 23 heavy (non-hydrogen) atoms. The smallest absolute Gasteiger partial charge is 0.230 e. The summed E-state index contributed by atoms with van der Waals surface area (Å²) in [5, 5.41) is 4.22. The fourth-order valence-corrected chi connectivity index (χ4v) is 3.90. The third kappa shape index (κ3) is 4.09. The van der Waals surface area contributed by atoms with Crippen LogP contribution in [0.1, 0.15) is 26.2 Å². The lowest BCUT2D eigenvalue weighted by Crippen LogP contribution is -2.32. The number of hydrogen-bond acceptors (Lipinski definition) is 3. The van der Waals surface area contributed by atoms with Crippen LogP contribution >= 0.6 is 11.8 Å². The van der Waals surface area contributed by atoms with Crippen LogP contribution < -0.4 is 5.32 Å². The molecular formula is C18H24N2O2S. The molecule has 0 bridgehead atoms. The van der Waals surface area contributed by atoms with Gasteiger partial charge in [-0.2, -0.15) is 0 Å². The topological polar surface area (TPSA) is 43.3 Å². The van der Waals surface area contributed by atoms with E-state index in [1.54, 1.807) is 11.8 Å². The van der Waals surface area contributed by atoms with E-state index in [1.165, 1.54) is 15.8 Å². The van der Waals surface area contributed by atoms with Gasteiger partial charge in [-0.25, -0.2) is 0 Å². The van der Waals surface area contributed by atoms with Gasteiger partial charge in [0.05, 0.1) is 11.9 Å². The highest BCUT2D eigenvalue weighted by Gasteiger charge is 2.16. The van der Waals surface area contributed by atoms with E-state index in [4.69, 9.17) is 4.74 Å². The van der Waals surface area contributed by atoms with Crippen LogP contribution in [-0.2, 0) is 16.1 Å². The Kier molecular flexibility index (Phi) is 5.62. The minimum absolute atomic E-state index is 0.0813. The molecule has 1 amide bonds. The zero-order chi connectivity index (χ0) is 16.1. The van der Waals surface area contributed by atoms with Gasteiger partial charge in [0.15, 0.2) is 0 Å². The summed E-state index contributed by atoms with van der Waals surface area (Å²) >= 11 is 1.61. The second-order valence-corrected chi connectivity index (χ2v) is 6.95. The highest BCUT2D eigenvalue weighted by atomic mass is 32.2. The number of hydrogen-bond donors (Lipinski definition) is 1. The molecular weight excluding hydrogens is 308 g/mol. The van der Waals surface area contributed by atoms with Gasteiger partial charge in [-0.05, 0) is 25.3 Å². The van der Waals surface area contributed by atoms with E-state index in [1.807, 2.05) is 0 Å². The fourth-order valence-electron chi connectivity index (χ4n) is 2.98. The number of amides is 1. The monoisotopic (exact) mass is 332 g/mol. The Labute approximate surface area is 141 Å². The lowest BCUT2D eigenvalue weighted by molar-refractivity contribution is -0.119. The van der Waals surface area contributed by atoms with E-state index in [9.17, 15) is 4.79 Å². The zero-order valence-corrected chi connectivity index (χ0v) is 14.4. The number of carbonyl (C=O) groups excluding carboxylic acids is 1. The molecule has 3 rings (SSSR count). The van der Waals surface area contributed by atoms with Crippen LogP contribution in [0.15, 0.2) is 35.4 Å². The zero-order valence-electron chi connectivity index (χ0n) is 13.6. The molecule has 1 aliphatic heterocycles. The molecule has 0 radical (unpaired) electrons. The van der Waals surface area contributed by atoms with Crippen molar-refractivity contribution in [3.63, 3.8) is 0 Å². The number of para-hydroxylation sites is 1. The highest BCUT2D eigenvalue weighted by molar-refractivity contribution is 8.00. The van der Waals surface area contributed by atoms with Crippen molar-refractivity contribution in [2.24, 2.45) is 0 Å². The Morgan fingerprint density at radius 2 is 2.30 bits per heavy atom. The van der Waals surface area contributed by atoms with Crippen molar-refractivity contribution in [2.45, 2.75) is 43.7 Å². The standard InChI is InChI=1S/C18H24N2O2S/c1-2-9-20-12-17(15-7-3-4-8-16(15)20)23-13-18(21)19-11-14-6-5-10-22-14/h3-4,7-8,12,14H,2,5-6,9-11,13H2,1H3,(H,19,21)/t14-/m1/s1. The van der Waals surface area contributed by atoms with Crippen molar-refractivity contribution in [3.8, 4) is 0 Å². The van der Waals surface area contributed by atoms with Gasteiger partial charge in [-0.1, -0.05) is 25.1 Å². The number of thioether (sulfide) groups is 1. The normalized spacial score (nSPS) is 17.7. The molecule has 1 aliphatic rings. The number of rotatable bonds is 7. The molecule has 4 nitrogen and oxygen atoms in total. The first-order chi connectivity index (χ1) is 11.3. The largest absolute Gasteiger partial charge is 0.376 e. The van der Waals surface area contributed by atoms with Crippen molar-refractivity contribution in [3.05, 3.63) is 30.5 Å². The van der Waals surface area contributed by atoms with Gasteiger partial charge in [-0.3, -0.25) is 4.79 Å². The number of aromatic nitrogens is 1. The van der Waals surface area contributed by atoms with Crippen LogP contribution in [0.5, 0.6) is 0 Å². The predicted octanol–water partition coefficient (Wildman–Crippen LogP) is 3.44. The van der Waals surface area contributed by atoms with Gasteiger partial charge in [0.2, 0.25) is 5.91 Å². The Bertz CT molecular complexity index is 662. The molecule has 0 spiro atoms. The van der Waals surface area contributed by atoms with Crippen LogP contribution in [0.4, 0.5) is 0 Å². The van der Waals surface area contributed by atoms with Crippen molar-refractivity contribution in [1.82, 2.24) is 9.88 Å². The van der Waals surface area contributed by atoms with Crippen molar-refractivity contribution in [1.29, 1.82) is 0 Å². The quantitative estimate of drug-likeness (QED) is 0.790. The van der Waals surface area contributed by atoms with Crippen LogP contribution in [0, 0.1) is 0 Å². The number of carbonyl (C=O) groups is 1. The Morgan fingerprint density at radius 1 is 1.43 bits per heavy atom. The SMILES string of the molecule is CCCn1cc(SCC(=O)NC[C@H]2CCCO2)c2ccccc21. The predicted molar refractivity (Wildman–Crippen MR) is 94.9 cm³/mol. The number of fused-ring (bicyclic) bond motifs is 1. The summed E-state index contributed by atoms with van der Waals surface area (Å²) < 4.78 is 7.81. The molecule has 1 saturated heterocycles. The summed E-state index contributed by atoms with van der Waals surface area (Å²) in [6.07, 6.45) is 5.64. The van der Waals surface area contributed by atoms with Crippen molar-refractivity contribution < 1.29 is 9.53 Å². The molecule has 0 aliphatic carbocycles. The summed E-state index contributed by atoms with van der Waals surface area (Å²) in [6, 6.07) is 8.40. The maximum Gasteiger partial charge on any atom is 0.230 e. The van der Waals surface area contributed by atoms with E-state index < -0.39 is 0 Å². The fraction of sp³-hybridized carbons (Fsp3) is 0.500. The third-order valence-corrected chi connectivity index (χ3v) is 5.17. The Morgan fingerprint density at radius 3 is 3.09 bits per heavy atom. The molecule has 0 unspecified atom stereocenters. The average Bonchev–Trinajstić information content (AvgIpc) is 3.20. The summed E-state index contributed by atoms with van der Waals surface area (Å²) in [5.41, 5.74) is 1.25. The lowest BCUT2D eigenvalue weighted by Gasteiger charge is -2.10.